The normalized spacial score (nSPS) is 21.1. The van der Waals surface area contributed by atoms with Crippen LogP contribution in [-0.4, -0.2) is 46.1 Å². The van der Waals surface area contributed by atoms with Crippen molar-refractivity contribution in [3.63, 3.8) is 0 Å². The second-order valence-electron chi connectivity index (χ2n) is 6.16. The van der Waals surface area contributed by atoms with Gasteiger partial charge < -0.3 is 10.4 Å². The third-order valence-electron chi connectivity index (χ3n) is 4.29. The van der Waals surface area contributed by atoms with E-state index in [1.165, 1.54) is 12.1 Å². The highest BCUT2D eigenvalue weighted by molar-refractivity contribution is 6.30. The Morgan fingerprint density at radius 3 is 2.96 bits per heavy atom. The molecule has 0 aliphatic carbocycles. The third kappa shape index (κ3) is 4.54. The molecule has 5 nitrogen and oxygen atoms in total. The number of carbonyl (C=O) groups is 1. The second kappa shape index (κ2) is 7.91. The van der Waals surface area contributed by atoms with Gasteiger partial charge in [-0.1, -0.05) is 17.7 Å². The van der Waals surface area contributed by atoms with Gasteiger partial charge in [0, 0.05) is 37.1 Å². The zero-order valence-corrected chi connectivity index (χ0v) is 14.3. The number of halogens is 2. The Hall–Kier alpha value is -2.02. The van der Waals surface area contributed by atoms with Gasteiger partial charge in [-0.05, 0) is 36.2 Å². The molecule has 1 amide bonds. The average Bonchev–Trinajstić information content (AvgIpc) is 2.58. The maximum Gasteiger partial charge on any atom is 0.254 e. The summed E-state index contributed by atoms with van der Waals surface area (Å²) in [7, 11) is 0. The number of aromatic nitrogens is 1. The van der Waals surface area contributed by atoms with Crippen molar-refractivity contribution in [2.75, 3.05) is 13.1 Å². The van der Waals surface area contributed by atoms with Crippen molar-refractivity contribution in [1.29, 1.82) is 0 Å². The summed E-state index contributed by atoms with van der Waals surface area (Å²) >= 11 is 5.70. The zero-order chi connectivity index (χ0) is 17.8. The highest BCUT2D eigenvalue weighted by Gasteiger charge is 2.29. The van der Waals surface area contributed by atoms with Gasteiger partial charge in [0.2, 0.25) is 0 Å². The van der Waals surface area contributed by atoms with Gasteiger partial charge in [0.25, 0.3) is 5.91 Å². The molecule has 132 valence electrons. The lowest BCUT2D eigenvalue weighted by atomic mass is 10.0. The summed E-state index contributed by atoms with van der Waals surface area (Å²) in [5.74, 6) is -1.22. The minimum Gasteiger partial charge on any atom is -0.390 e. The topological polar surface area (TPSA) is 65.5 Å². The molecule has 2 heterocycles. The molecule has 0 radical (unpaired) electrons. The summed E-state index contributed by atoms with van der Waals surface area (Å²) < 4.78 is 13.8. The Bertz CT molecular complexity index is 744. The Morgan fingerprint density at radius 2 is 2.28 bits per heavy atom. The summed E-state index contributed by atoms with van der Waals surface area (Å²) in [5.41, 5.74) is 0.995. The molecule has 1 aromatic heterocycles. The van der Waals surface area contributed by atoms with Gasteiger partial charge >= 0.3 is 0 Å². The standard InChI is InChI=1S/C18H19ClFN3O2/c19-13-3-4-14(15(20)8-13)18(25)22-16-5-7-23(11-17(16)24)10-12-2-1-6-21-9-12/h1-4,6,8-9,16-17,24H,5,7,10-11H2,(H,22,25)/t16-,17-/m1/s1. The molecule has 0 saturated carbocycles. The van der Waals surface area contributed by atoms with Gasteiger partial charge in [-0.15, -0.1) is 0 Å². The van der Waals surface area contributed by atoms with E-state index in [9.17, 15) is 14.3 Å². The molecular weight excluding hydrogens is 345 g/mol. The lowest BCUT2D eigenvalue weighted by Crippen LogP contribution is -2.53. The number of aliphatic hydroxyl groups excluding tert-OH is 1. The number of piperidine rings is 1. The predicted octanol–water partition coefficient (Wildman–Crippen LogP) is 2.24. The van der Waals surface area contributed by atoms with E-state index in [0.717, 1.165) is 18.2 Å². The summed E-state index contributed by atoms with van der Waals surface area (Å²) in [4.78, 5) is 18.4. The van der Waals surface area contributed by atoms with Gasteiger partial charge in [-0.3, -0.25) is 14.7 Å². The van der Waals surface area contributed by atoms with E-state index in [0.29, 0.717) is 19.5 Å². The van der Waals surface area contributed by atoms with Crippen LogP contribution in [-0.2, 0) is 6.54 Å². The van der Waals surface area contributed by atoms with Gasteiger partial charge in [0.15, 0.2) is 0 Å². The second-order valence-corrected chi connectivity index (χ2v) is 6.59. The van der Waals surface area contributed by atoms with Crippen LogP contribution in [0, 0.1) is 5.82 Å². The lowest BCUT2D eigenvalue weighted by molar-refractivity contribution is 0.0348. The Morgan fingerprint density at radius 1 is 1.44 bits per heavy atom. The third-order valence-corrected chi connectivity index (χ3v) is 4.52. The summed E-state index contributed by atoms with van der Waals surface area (Å²) in [6, 6.07) is 7.36. The minimum atomic E-state index is -0.718. The number of pyridine rings is 1. The molecule has 0 spiro atoms. The fraction of sp³-hybridized carbons (Fsp3) is 0.333. The molecule has 1 aliphatic rings. The molecule has 3 rings (SSSR count). The number of nitrogens with zero attached hydrogens (tertiary/aromatic N) is 2. The van der Waals surface area contributed by atoms with Crippen molar-refractivity contribution in [2.24, 2.45) is 0 Å². The number of amides is 1. The van der Waals surface area contributed by atoms with Crippen molar-refractivity contribution in [2.45, 2.75) is 25.1 Å². The first-order valence-electron chi connectivity index (χ1n) is 8.08. The predicted molar refractivity (Wildman–Crippen MR) is 92.8 cm³/mol. The monoisotopic (exact) mass is 363 g/mol. The van der Waals surface area contributed by atoms with Crippen molar-refractivity contribution in [3.8, 4) is 0 Å². The first-order valence-corrected chi connectivity index (χ1v) is 8.46. The number of β-amino-alcohol motifs (C(OH)–C–C–N with tert-alkyl or cyclic N) is 1. The van der Waals surface area contributed by atoms with Gasteiger partial charge in [-0.25, -0.2) is 4.39 Å². The number of rotatable bonds is 4. The van der Waals surface area contributed by atoms with Crippen molar-refractivity contribution < 1.29 is 14.3 Å². The van der Waals surface area contributed by atoms with Crippen LogP contribution in [0.5, 0.6) is 0 Å². The average molecular weight is 364 g/mol. The SMILES string of the molecule is O=C(N[C@@H]1CCN(Cc2cccnc2)C[C@H]1O)c1ccc(Cl)cc1F. The Balaban J connectivity index is 1.57. The minimum absolute atomic E-state index is 0.0746. The van der Waals surface area contributed by atoms with Crippen LogP contribution < -0.4 is 5.32 Å². The van der Waals surface area contributed by atoms with E-state index < -0.39 is 23.9 Å². The number of hydrogen-bond donors (Lipinski definition) is 2. The van der Waals surface area contributed by atoms with E-state index in [1.54, 1.807) is 12.4 Å². The van der Waals surface area contributed by atoms with Crippen molar-refractivity contribution >= 4 is 17.5 Å². The van der Waals surface area contributed by atoms with Gasteiger partial charge in [-0.2, -0.15) is 0 Å². The van der Waals surface area contributed by atoms with E-state index in [1.807, 2.05) is 12.1 Å². The quantitative estimate of drug-likeness (QED) is 0.874. The molecule has 7 heteroatoms. The highest BCUT2D eigenvalue weighted by Crippen LogP contribution is 2.17. The summed E-state index contributed by atoms with van der Waals surface area (Å²) in [6.07, 6.45) is 3.38. The molecule has 2 atom stereocenters. The number of nitrogens with one attached hydrogen (secondary N) is 1. The maximum atomic E-state index is 13.8. The van der Waals surface area contributed by atoms with Crippen LogP contribution >= 0.6 is 11.6 Å². The lowest BCUT2D eigenvalue weighted by Gasteiger charge is -2.36. The van der Waals surface area contributed by atoms with Crippen LogP contribution in [0.4, 0.5) is 4.39 Å². The number of benzene rings is 1. The largest absolute Gasteiger partial charge is 0.390 e. The zero-order valence-electron chi connectivity index (χ0n) is 13.5. The summed E-state index contributed by atoms with van der Waals surface area (Å²) in [6.45, 7) is 1.85. The van der Waals surface area contributed by atoms with E-state index in [-0.39, 0.29) is 10.6 Å². The number of likely N-dealkylation sites (tertiary alicyclic amines) is 1. The molecule has 1 aliphatic heterocycles. The van der Waals surface area contributed by atoms with Crippen LogP contribution in [0.15, 0.2) is 42.7 Å². The van der Waals surface area contributed by atoms with Gasteiger partial charge in [0.05, 0.1) is 17.7 Å². The van der Waals surface area contributed by atoms with Gasteiger partial charge in [0.1, 0.15) is 5.82 Å². The van der Waals surface area contributed by atoms with E-state index in [2.05, 4.69) is 15.2 Å². The molecule has 2 aromatic rings. The van der Waals surface area contributed by atoms with Crippen molar-refractivity contribution in [3.05, 3.63) is 64.7 Å². The fourth-order valence-corrected chi connectivity index (χ4v) is 3.14. The molecule has 0 bridgehead atoms. The molecule has 0 unspecified atom stereocenters. The molecular formula is C18H19ClFN3O2. The molecule has 1 saturated heterocycles. The number of hydrogen-bond acceptors (Lipinski definition) is 4. The molecule has 2 N–H and O–H groups in total. The van der Waals surface area contributed by atoms with Crippen molar-refractivity contribution in [1.82, 2.24) is 15.2 Å². The highest BCUT2D eigenvalue weighted by atomic mass is 35.5. The maximum absolute atomic E-state index is 13.8. The molecule has 1 fully saturated rings. The Labute approximate surface area is 150 Å². The smallest absolute Gasteiger partial charge is 0.254 e. The van der Waals surface area contributed by atoms with Crippen LogP contribution in [0.1, 0.15) is 22.3 Å². The van der Waals surface area contributed by atoms with E-state index >= 15 is 0 Å². The van der Waals surface area contributed by atoms with Crippen LogP contribution in [0.25, 0.3) is 0 Å². The summed E-state index contributed by atoms with van der Waals surface area (Å²) in [5, 5.41) is 13.3. The van der Waals surface area contributed by atoms with Crippen LogP contribution in [0.3, 0.4) is 0 Å². The van der Waals surface area contributed by atoms with E-state index in [4.69, 9.17) is 11.6 Å². The Kier molecular flexibility index (Phi) is 5.63. The molecule has 1 aromatic carbocycles. The first-order chi connectivity index (χ1) is 12.0. The van der Waals surface area contributed by atoms with Crippen LogP contribution in [0.2, 0.25) is 5.02 Å². The number of carbonyl (C=O) groups excluding carboxylic acids is 1. The number of aliphatic hydroxyl groups is 1. The molecule has 25 heavy (non-hydrogen) atoms. The fourth-order valence-electron chi connectivity index (χ4n) is 2.98. The first kappa shape index (κ1) is 17.8.